The van der Waals surface area contributed by atoms with E-state index in [9.17, 15) is 19.8 Å². The number of benzene rings is 2. The summed E-state index contributed by atoms with van der Waals surface area (Å²) < 4.78 is 18.2. The summed E-state index contributed by atoms with van der Waals surface area (Å²) in [7, 11) is 1.42. The van der Waals surface area contributed by atoms with Crippen LogP contribution >= 0.6 is 0 Å². The molecule has 2 aliphatic heterocycles. The van der Waals surface area contributed by atoms with Crippen molar-refractivity contribution in [3.63, 3.8) is 0 Å². The smallest absolute Gasteiger partial charge is 0.202 e. The number of carbonyl (C=O) groups is 2. The summed E-state index contributed by atoms with van der Waals surface area (Å²) >= 11 is 0. The molecule has 0 amide bonds. The van der Waals surface area contributed by atoms with Gasteiger partial charge in [0.25, 0.3) is 0 Å². The van der Waals surface area contributed by atoms with Gasteiger partial charge in [-0.25, -0.2) is 0 Å². The minimum Gasteiger partial charge on any atom is -0.507 e. The van der Waals surface area contributed by atoms with Gasteiger partial charge in [0, 0.05) is 42.7 Å². The van der Waals surface area contributed by atoms with Gasteiger partial charge in [0.15, 0.2) is 11.6 Å². The van der Waals surface area contributed by atoms with Gasteiger partial charge >= 0.3 is 0 Å². The van der Waals surface area contributed by atoms with Crippen molar-refractivity contribution in [2.75, 3.05) is 26.7 Å². The van der Waals surface area contributed by atoms with Crippen molar-refractivity contribution < 1.29 is 34.0 Å². The predicted molar refractivity (Wildman–Crippen MR) is 135 cm³/mol. The zero-order chi connectivity index (χ0) is 26.1. The molecular formula is C29H31NO7. The fraction of sp³-hybridized carbons (Fsp3) is 0.448. The molecule has 8 heteroatoms. The van der Waals surface area contributed by atoms with Gasteiger partial charge in [-0.05, 0) is 39.2 Å². The first-order valence-electron chi connectivity index (χ1n) is 12.8. The van der Waals surface area contributed by atoms with Gasteiger partial charge in [-0.3, -0.25) is 14.5 Å². The fourth-order valence-corrected chi connectivity index (χ4v) is 6.52. The molecule has 1 fully saturated rings. The molecule has 37 heavy (non-hydrogen) atoms. The molecule has 6 rings (SSSR count). The molecule has 2 aliphatic carbocycles. The Morgan fingerprint density at radius 3 is 2.54 bits per heavy atom. The molecule has 0 aromatic heterocycles. The number of phenols is 2. The molecule has 194 valence electrons. The van der Waals surface area contributed by atoms with Crippen LogP contribution in [0, 0.1) is 0 Å². The topological polar surface area (TPSA) is 106 Å². The van der Waals surface area contributed by atoms with Gasteiger partial charge in [-0.15, -0.1) is 0 Å². The fourth-order valence-electron chi connectivity index (χ4n) is 6.52. The van der Waals surface area contributed by atoms with Gasteiger partial charge in [0.05, 0.1) is 23.8 Å². The van der Waals surface area contributed by atoms with E-state index in [1.807, 2.05) is 13.8 Å². The Balaban J connectivity index is 1.44. The average Bonchev–Trinajstić information content (AvgIpc) is 3.12. The van der Waals surface area contributed by atoms with Crippen LogP contribution in [0.1, 0.15) is 69.7 Å². The third-order valence-electron chi connectivity index (χ3n) is 8.13. The number of aromatic hydroxyl groups is 2. The molecule has 4 aliphatic rings. The second-order valence-electron chi connectivity index (χ2n) is 10.8. The second-order valence-corrected chi connectivity index (χ2v) is 10.8. The van der Waals surface area contributed by atoms with E-state index in [0.29, 0.717) is 30.5 Å². The summed E-state index contributed by atoms with van der Waals surface area (Å²) in [6.07, 6.45) is 6.23. The third-order valence-corrected chi connectivity index (χ3v) is 8.13. The van der Waals surface area contributed by atoms with Crippen LogP contribution in [-0.2, 0) is 22.3 Å². The lowest BCUT2D eigenvalue weighted by molar-refractivity contribution is -0.165. The van der Waals surface area contributed by atoms with E-state index in [-0.39, 0.29) is 52.0 Å². The molecule has 2 N–H and O–H groups in total. The molecule has 0 bridgehead atoms. The molecular weight excluding hydrogens is 474 g/mol. The lowest BCUT2D eigenvalue weighted by Gasteiger charge is -2.40. The van der Waals surface area contributed by atoms with E-state index in [4.69, 9.17) is 14.2 Å². The maximum Gasteiger partial charge on any atom is 0.202 e. The standard InChI is InChI=1S/C29H31NO7/c1-28(2)36-20(15-30-12-5-4-6-13-30)29(37-28)11-10-16-18(14-29)26(33)22-23(24(16)31)27(34)21-17(25(22)32)8-7-9-19(21)35-3/h4-5,7-9,20,31,33H,6,10-15H2,1-3H3/t20-,29-/m1/s1. The van der Waals surface area contributed by atoms with E-state index in [1.54, 1.807) is 12.1 Å². The second kappa shape index (κ2) is 8.41. The Kier molecular flexibility index (Phi) is 5.49. The lowest BCUT2D eigenvalue weighted by Crippen LogP contribution is -2.50. The Morgan fingerprint density at radius 1 is 1.05 bits per heavy atom. The van der Waals surface area contributed by atoms with Gasteiger partial charge < -0.3 is 24.4 Å². The summed E-state index contributed by atoms with van der Waals surface area (Å²) in [6.45, 7) is 6.22. The van der Waals surface area contributed by atoms with Gasteiger partial charge in [0.1, 0.15) is 29.0 Å². The molecule has 0 saturated carbocycles. The molecule has 0 unspecified atom stereocenters. The van der Waals surface area contributed by atoms with Gasteiger partial charge in [-0.2, -0.15) is 0 Å². The minimum absolute atomic E-state index is 0.106. The van der Waals surface area contributed by atoms with Gasteiger partial charge in [0.2, 0.25) is 5.78 Å². The number of fused-ring (bicyclic) bond motifs is 3. The number of carbonyl (C=O) groups excluding carboxylic acids is 2. The SMILES string of the molecule is COc1cccc2c1C(=O)c1c(O)c3c(c(O)c1C2=O)C[C@@]1(CC3)OC(C)(C)O[C@@H]1CN1CC=CCC1. The number of nitrogens with zero attached hydrogens (tertiary/aromatic N) is 1. The third kappa shape index (κ3) is 3.61. The summed E-state index contributed by atoms with van der Waals surface area (Å²) in [4.78, 5) is 29.4. The summed E-state index contributed by atoms with van der Waals surface area (Å²) in [6, 6.07) is 4.77. The van der Waals surface area contributed by atoms with Crippen molar-refractivity contribution in [1.29, 1.82) is 0 Å². The van der Waals surface area contributed by atoms with E-state index < -0.39 is 23.0 Å². The normalized spacial score (nSPS) is 26.2. The number of ketones is 2. The molecule has 2 aromatic carbocycles. The number of ether oxygens (including phenoxy) is 3. The predicted octanol–water partition coefficient (Wildman–Crippen LogP) is 3.52. The first-order valence-corrected chi connectivity index (χ1v) is 12.8. The highest BCUT2D eigenvalue weighted by molar-refractivity contribution is 6.31. The van der Waals surface area contributed by atoms with E-state index >= 15 is 0 Å². The van der Waals surface area contributed by atoms with E-state index in [2.05, 4.69) is 17.1 Å². The molecule has 8 nitrogen and oxygen atoms in total. The van der Waals surface area contributed by atoms with Crippen LogP contribution in [0.25, 0.3) is 0 Å². The summed E-state index contributed by atoms with van der Waals surface area (Å²) in [5, 5.41) is 22.8. The van der Waals surface area contributed by atoms with Crippen molar-refractivity contribution in [3.8, 4) is 17.2 Å². The number of methoxy groups -OCH3 is 1. The molecule has 0 radical (unpaired) electrons. The number of hydrogen-bond donors (Lipinski definition) is 2. The minimum atomic E-state index is -0.819. The van der Waals surface area contributed by atoms with Gasteiger partial charge in [-0.1, -0.05) is 24.3 Å². The Bertz CT molecular complexity index is 1360. The van der Waals surface area contributed by atoms with Crippen molar-refractivity contribution in [3.05, 3.63) is 63.7 Å². The van der Waals surface area contributed by atoms with Crippen LogP contribution in [0.5, 0.6) is 17.2 Å². The van der Waals surface area contributed by atoms with E-state index in [0.717, 1.165) is 19.5 Å². The highest BCUT2D eigenvalue weighted by Crippen LogP contribution is 2.52. The van der Waals surface area contributed by atoms with E-state index in [1.165, 1.54) is 13.2 Å². The van der Waals surface area contributed by atoms with Crippen LogP contribution in [0.2, 0.25) is 0 Å². The first kappa shape index (κ1) is 24.2. The lowest BCUT2D eigenvalue weighted by atomic mass is 9.72. The molecule has 2 aromatic rings. The number of hydrogen-bond acceptors (Lipinski definition) is 8. The number of rotatable bonds is 3. The van der Waals surface area contributed by atoms with Crippen molar-refractivity contribution in [1.82, 2.24) is 4.90 Å². The van der Waals surface area contributed by atoms with Crippen LogP contribution < -0.4 is 4.74 Å². The largest absolute Gasteiger partial charge is 0.507 e. The number of phenolic OH excluding ortho intramolecular Hbond substituents is 2. The van der Waals surface area contributed by atoms with Crippen LogP contribution in [0.3, 0.4) is 0 Å². The van der Waals surface area contributed by atoms with Crippen LogP contribution in [0.4, 0.5) is 0 Å². The summed E-state index contributed by atoms with van der Waals surface area (Å²) in [5.41, 5.74) is 0.126. The van der Waals surface area contributed by atoms with Crippen molar-refractivity contribution in [2.24, 2.45) is 0 Å². The monoisotopic (exact) mass is 505 g/mol. The molecule has 2 heterocycles. The Labute approximate surface area is 215 Å². The van der Waals surface area contributed by atoms with Crippen molar-refractivity contribution in [2.45, 2.75) is 57.0 Å². The van der Waals surface area contributed by atoms with Crippen LogP contribution in [0.15, 0.2) is 30.4 Å². The Morgan fingerprint density at radius 2 is 1.81 bits per heavy atom. The maximum absolute atomic E-state index is 13.6. The Hall–Kier alpha value is -3.20. The summed E-state index contributed by atoms with van der Waals surface area (Å²) in [5.74, 6) is -2.12. The van der Waals surface area contributed by atoms with Crippen molar-refractivity contribution >= 4 is 11.6 Å². The maximum atomic E-state index is 13.6. The first-order chi connectivity index (χ1) is 17.7. The quantitative estimate of drug-likeness (QED) is 0.412. The molecule has 1 spiro atoms. The highest BCUT2D eigenvalue weighted by atomic mass is 16.8. The molecule has 1 saturated heterocycles. The highest BCUT2D eigenvalue weighted by Gasteiger charge is 2.56. The van der Waals surface area contributed by atoms with Crippen LogP contribution in [-0.4, -0.2) is 70.9 Å². The zero-order valence-corrected chi connectivity index (χ0v) is 21.3. The zero-order valence-electron chi connectivity index (χ0n) is 21.3. The average molecular weight is 506 g/mol. The molecule has 2 atom stereocenters.